The smallest absolute Gasteiger partial charge is 0.258 e. The molecule has 2 aliphatic rings. The lowest BCUT2D eigenvalue weighted by atomic mass is 9.62. The van der Waals surface area contributed by atoms with E-state index >= 15 is 0 Å². The van der Waals surface area contributed by atoms with Crippen molar-refractivity contribution in [1.29, 1.82) is 0 Å². The van der Waals surface area contributed by atoms with E-state index in [1.54, 1.807) is 35.9 Å². The van der Waals surface area contributed by atoms with Crippen molar-refractivity contribution in [3.63, 3.8) is 0 Å². The molecule has 0 atom stereocenters. The van der Waals surface area contributed by atoms with E-state index in [0.717, 1.165) is 54.7 Å². The summed E-state index contributed by atoms with van der Waals surface area (Å²) in [5.74, 6) is 0.766. The number of thioether (sulfide) groups is 1. The first-order chi connectivity index (χ1) is 17.0. The van der Waals surface area contributed by atoms with Gasteiger partial charge in [0.1, 0.15) is 5.75 Å². The molecule has 0 bridgehead atoms. The molecule has 1 saturated carbocycles. The summed E-state index contributed by atoms with van der Waals surface area (Å²) in [6.07, 6.45) is 6.50. The highest BCUT2D eigenvalue weighted by atomic mass is 32.2. The molecule has 1 spiro atoms. The van der Waals surface area contributed by atoms with Crippen LogP contribution in [0, 0.1) is 0 Å². The van der Waals surface area contributed by atoms with Gasteiger partial charge in [0.15, 0.2) is 5.16 Å². The molecule has 182 valence electrons. The monoisotopic (exact) mass is 489 g/mol. The first kappa shape index (κ1) is 23.7. The van der Waals surface area contributed by atoms with Crippen LogP contribution in [0.2, 0.25) is 0 Å². The molecule has 6 nitrogen and oxygen atoms in total. The summed E-state index contributed by atoms with van der Waals surface area (Å²) in [7, 11) is 1.61. The van der Waals surface area contributed by atoms with Crippen molar-refractivity contribution >= 4 is 23.4 Å². The van der Waals surface area contributed by atoms with E-state index in [9.17, 15) is 9.59 Å². The van der Waals surface area contributed by atoms with E-state index in [2.05, 4.69) is 23.5 Å². The minimum atomic E-state index is -0.140. The molecule has 3 aromatic rings. The van der Waals surface area contributed by atoms with Gasteiger partial charge in [-0.25, -0.2) is 4.98 Å². The van der Waals surface area contributed by atoms with Crippen LogP contribution in [0.25, 0.3) is 11.3 Å². The topological polar surface area (TPSA) is 73.2 Å². The summed E-state index contributed by atoms with van der Waals surface area (Å²) in [5.41, 5.74) is 4.69. The maximum atomic E-state index is 13.9. The van der Waals surface area contributed by atoms with Crippen molar-refractivity contribution in [3.8, 4) is 17.0 Å². The quantitative estimate of drug-likeness (QED) is 0.369. The van der Waals surface area contributed by atoms with Gasteiger partial charge in [0.2, 0.25) is 5.91 Å². The lowest BCUT2D eigenvalue weighted by molar-refractivity contribution is -0.113. The molecule has 7 heteroatoms. The van der Waals surface area contributed by atoms with Gasteiger partial charge in [-0.2, -0.15) is 0 Å². The number of carbonyl (C=O) groups is 1. The summed E-state index contributed by atoms with van der Waals surface area (Å²) >= 11 is 1.32. The van der Waals surface area contributed by atoms with Crippen molar-refractivity contribution in [2.45, 2.75) is 62.6 Å². The van der Waals surface area contributed by atoms with Crippen molar-refractivity contribution in [2.24, 2.45) is 0 Å². The third-order valence-electron chi connectivity index (χ3n) is 7.30. The number of amides is 1. The van der Waals surface area contributed by atoms with Gasteiger partial charge in [0, 0.05) is 23.2 Å². The highest BCUT2D eigenvalue weighted by molar-refractivity contribution is 7.99. The van der Waals surface area contributed by atoms with E-state index in [4.69, 9.17) is 9.72 Å². The molecule has 1 aromatic heterocycles. The Labute approximate surface area is 210 Å². The Morgan fingerprint density at radius 2 is 1.86 bits per heavy atom. The predicted molar refractivity (Wildman–Crippen MR) is 140 cm³/mol. The van der Waals surface area contributed by atoms with Crippen LogP contribution in [-0.4, -0.2) is 28.3 Å². The minimum absolute atomic E-state index is 0.0620. The number of rotatable bonds is 6. The van der Waals surface area contributed by atoms with E-state index in [1.807, 2.05) is 13.0 Å². The van der Waals surface area contributed by atoms with Crippen molar-refractivity contribution in [3.05, 3.63) is 70.0 Å². The number of benzene rings is 2. The van der Waals surface area contributed by atoms with Gasteiger partial charge in [-0.3, -0.25) is 14.2 Å². The number of fused-ring (bicyclic) bond motifs is 4. The zero-order chi connectivity index (χ0) is 24.4. The van der Waals surface area contributed by atoms with Gasteiger partial charge in [-0.15, -0.1) is 0 Å². The van der Waals surface area contributed by atoms with Crippen molar-refractivity contribution < 1.29 is 9.53 Å². The highest BCUT2D eigenvalue weighted by Crippen LogP contribution is 2.48. The van der Waals surface area contributed by atoms with Gasteiger partial charge >= 0.3 is 0 Å². The lowest BCUT2D eigenvalue weighted by Crippen LogP contribution is -2.43. The van der Waals surface area contributed by atoms with Gasteiger partial charge in [-0.1, -0.05) is 55.3 Å². The summed E-state index contributed by atoms with van der Waals surface area (Å²) in [5, 5.41) is 3.51. The van der Waals surface area contributed by atoms with Crippen LogP contribution in [0.3, 0.4) is 0 Å². The Balaban J connectivity index is 1.47. The Kier molecular flexibility index (Phi) is 6.69. The number of nitrogens with one attached hydrogen (secondary N) is 1. The number of methoxy groups -OCH3 is 1. The van der Waals surface area contributed by atoms with Gasteiger partial charge in [-0.05, 0) is 56.0 Å². The zero-order valence-corrected chi connectivity index (χ0v) is 21.1. The number of anilines is 1. The predicted octanol–water partition coefficient (Wildman–Crippen LogP) is 5.43. The Morgan fingerprint density at radius 3 is 2.57 bits per heavy atom. The number of hydrogen-bond acceptors (Lipinski definition) is 5. The average molecular weight is 490 g/mol. The molecule has 0 saturated heterocycles. The second-order valence-electron chi connectivity index (χ2n) is 9.41. The van der Waals surface area contributed by atoms with Crippen LogP contribution >= 0.6 is 11.8 Å². The largest absolute Gasteiger partial charge is 0.497 e. The fourth-order valence-electron chi connectivity index (χ4n) is 5.61. The Hall–Kier alpha value is -3.06. The Bertz CT molecular complexity index is 1290. The first-order valence-corrected chi connectivity index (χ1v) is 13.3. The second kappa shape index (κ2) is 9.90. The van der Waals surface area contributed by atoms with Crippen LogP contribution in [0.5, 0.6) is 5.75 Å². The van der Waals surface area contributed by atoms with E-state index in [-0.39, 0.29) is 22.6 Å². The molecule has 1 amide bonds. The molecule has 0 unspecified atom stereocenters. The molecule has 5 rings (SSSR count). The molecule has 2 aromatic carbocycles. The number of nitrogens with zero attached hydrogens (tertiary/aromatic N) is 2. The van der Waals surface area contributed by atoms with Crippen LogP contribution < -0.4 is 15.6 Å². The number of hydrogen-bond donors (Lipinski definition) is 1. The Morgan fingerprint density at radius 1 is 1.11 bits per heavy atom. The molecule has 1 N–H and O–H groups in total. The van der Waals surface area contributed by atoms with Gasteiger partial charge in [0.05, 0.1) is 24.1 Å². The molecule has 1 heterocycles. The summed E-state index contributed by atoms with van der Waals surface area (Å²) in [6, 6.07) is 15.6. The fourth-order valence-corrected chi connectivity index (χ4v) is 6.47. The number of aromatic nitrogens is 2. The molecular weight excluding hydrogens is 458 g/mol. The number of carbonyl (C=O) groups excluding carboxylic acids is 1. The molecule has 2 aliphatic carbocycles. The number of ether oxygens (including phenoxy) is 1. The zero-order valence-electron chi connectivity index (χ0n) is 20.3. The fraction of sp³-hybridized carbons (Fsp3) is 0.393. The van der Waals surface area contributed by atoms with Crippen molar-refractivity contribution in [1.82, 2.24) is 9.55 Å². The van der Waals surface area contributed by atoms with Gasteiger partial charge in [0.25, 0.3) is 5.56 Å². The van der Waals surface area contributed by atoms with E-state index in [1.165, 1.54) is 23.7 Å². The van der Waals surface area contributed by atoms with Crippen LogP contribution in [-0.2, 0) is 23.2 Å². The van der Waals surface area contributed by atoms with Crippen LogP contribution in [0.4, 0.5) is 5.69 Å². The molecule has 0 aliphatic heterocycles. The second-order valence-corrected chi connectivity index (χ2v) is 10.4. The third kappa shape index (κ3) is 4.49. The average Bonchev–Trinajstić information content (AvgIpc) is 2.88. The SMILES string of the molecule is CCn1c(SCC(=O)Nc2ccc(OC)cc2)nc2c(c1=O)C1(CCCCC1)Cc1ccccc1-2. The maximum absolute atomic E-state index is 13.9. The van der Waals surface area contributed by atoms with E-state index < -0.39 is 0 Å². The van der Waals surface area contributed by atoms with Crippen molar-refractivity contribution in [2.75, 3.05) is 18.2 Å². The standard InChI is InChI=1S/C28H31N3O3S/c1-3-31-26(33)24-25(22-10-6-5-9-19(22)17-28(24)15-7-4-8-16-28)30-27(31)35-18-23(32)29-20-11-13-21(34-2)14-12-20/h5-6,9-14H,3-4,7-8,15-18H2,1-2H3,(H,29,32). The minimum Gasteiger partial charge on any atom is -0.497 e. The first-order valence-electron chi connectivity index (χ1n) is 12.3. The normalized spacial score (nSPS) is 15.8. The summed E-state index contributed by atoms with van der Waals surface area (Å²) in [4.78, 5) is 31.7. The molecular formula is C28H31N3O3S. The molecule has 1 fully saturated rings. The third-order valence-corrected chi connectivity index (χ3v) is 8.28. The molecule has 35 heavy (non-hydrogen) atoms. The lowest BCUT2D eigenvalue weighted by Gasteiger charge is -2.42. The molecule has 0 radical (unpaired) electrons. The van der Waals surface area contributed by atoms with E-state index in [0.29, 0.717) is 17.4 Å². The van der Waals surface area contributed by atoms with Gasteiger partial charge < -0.3 is 10.1 Å². The van der Waals surface area contributed by atoms with Crippen LogP contribution in [0.1, 0.15) is 50.2 Å². The summed E-state index contributed by atoms with van der Waals surface area (Å²) in [6.45, 7) is 2.50. The highest BCUT2D eigenvalue weighted by Gasteiger charge is 2.43. The van der Waals surface area contributed by atoms with Crippen LogP contribution in [0.15, 0.2) is 58.5 Å². The maximum Gasteiger partial charge on any atom is 0.258 e. The summed E-state index contributed by atoms with van der Waals surface area (Å²) < 4.78 is 6.93.